The second-order valence-corrected chi connectivity index (χ2v) is 15.1. The van der Waals surface area contributed by atoms with Gasteiger partial charge in [0, 0.05) is 48.2 Å². The van der Waals surface area contributed by atoms with Crippen molar-refractivity contribution >= 4 is 23.5 Å². The number of para-hydroxylation sites is 1. The summed E-state index contributed by atoms with van der Waals surface area (Å²) in [5.41, 5.74) is 7.84. The molecule has 3 amide bonds. The average molecular weight is 700 g/mol. The number of carbonyl (C=O) groups excluding carboxylic acids is 4. The molecule has 12 nitrogen and oxygen atoms in total. The van der Waals surface area contributed by atoms with E-state index < -0.39 is 35.5 Å². The standard InChI is InChI=1S/C39H53N7O5/c1-39(2,3)36(48)32(18-25-14-16-41-17-15-25)45-38(50)33-19-27(26-10-6-5-7-11-26)23-46(33)35(47)21-31(29-12-8-9-13-34(29)51-4)44-37(49)30(40)20-28-22-42-24-43-28/h8-9,12-17,22,24,26-27,30-33H,5-7,10-11,18-21,23,40H2,1-4H3,(H,42,43)(H,44,49)(H,45,50)/t27-,30+,31+,32+,33+/m1/s1. The van der Waals surface area contributed by atoms with Crippen molar-refractivity contribution in [2.75, 3.05) is 13.7 Å². The van der Waals surface area contributed by atoms with Gasteiger partial charge in [0.2, 0.25) is 17.7 Å². The van der Waals surface area contributed by atoms with Crippen LogP contribution in [0.2, 0.25) is 0 Å². The van der Waals surface area contributed by atoms with Gasteiger partial charge < -0.3 is 31.0 Å². The zero-order valence-electron chi connectivity index (χ0n) is 30.3. The molecule has 274 valence electrons. The summed E-state index contributed by atoms with van der Waals surface area (Å²) < 4.78 is 5.64. The van der Waals surface area contributed by atoms with Crippen molar-refractivity contribution in [1.82, 2.24) is 30.5 Å². The normalized spacial score (nSPS) is 19.9. The fourth-order valence-corrected chi connectivity index (χ4v) is 7.58. The Morgan fingerprint density at radius 1 is 0.980 bits per heavy atom. The number of nitrogens with two attached hydrogens (primary N) is 1. The van der Waals surface area contributed by atoms with Gasteiger partial charge in [0.1, 0.15) is 11.8 Å². The lowest BCUT2D eigenvalue weighted by Gasteiger charge is -2.30. The Labute approximate surface area is 300 Å². The molecule has 51 heavy (non-hydrogen) atoms. The van der Waals surface area contributed by atoms with Gasteiger partial charge in [0.05, 0.1) is 38.0 Å². The number of aromatic amines is 1. The summed E-state index contributed by atoms with van der Waals surface area (Å²) in [7, 11) is 1.54. The second-order valence-electron chi connectivity index (χ2n) is 15.1. The van der Waals surface area contributed by atoms with Gasteiger partial charge in [0.25, 0.3) is 0 Å². The third-order valence-corrected chi connectivity index (χ3v) is 10.4. The van der Waals surface area contributed by atoms with E-state index in [9.17, 15) is 19.2 Å². The minimum atomic E-state index is -0.892. The predicted molar refractivity (Wildman–Crippen MR) is 193 cm³/mol. The summed E-state index contributed by atoms with van der Waals surface area (Å²) in [6.07, 6.45) is 13.1. The number of pyridine rings is 1. The molecule has 0 bridgehead atoms. The number of ether oxygens (including phenoxy) is 1. The van der Waals surface area contributed by atoms with Crippen molar-refractivity contribution in [2.24, 2.45) is 23.0 Å². The molecule has 3 aromatic rings. The monoisotopic (exact) mass is 699 g/mol. The van der Waals surface area contributed by atoms with Crippen molar-refractivity contribution < 1.29 is 23.9 Å². The number of rotatable bonds is 14. The molecule has 2 aromatic heterocycles. The molecule has 1 aliphatic carbocycles. The largest absolute Gasteiger partial charge is 0.496 e. The van der Waals surface area contributed by atoms with Gasteiger partial charge in [-0.05, 0) is 48.4 Å². The maximum absolute atomic E-state index is 14.5. The summed E-state index contributed by atoms with van der Waals surface area (Å²) >= 11 is 0. The van der Waals surface area contributed by atoms with Crippen LogP contribution in [0.4, 0.5) is 0 Å². The molecule has 2 aliphatic rings. The van der Waals surface area contributed by atoms with Crippen molar-refractivity contribution in [2.45, 2.75) is 103 Å². The van der Waals surface area contributed by atoms with E-state index in [2.05, 4.69) is 25.6 Å². The number of likely N-dealkylation sites (tertiary alicyclic amines) is 1. The molecule has 1 saturated carbocycles. The van der Waals surface area contributed by atoms with Crippen LogP contribution in [0.1, 0.15) is 88.6 Å². The van der Waals surface area contributed by atoms with Gasteiger partial charge in [0.15, 0.2) is 5.78 Å². The number of aromatic nitrogens is 3. The van der Waals surface area contributed by atoms with Crippen LogP contribution in [0.25, 0.3) is 0 Å². The van der Waals surface area contributed by atoms with Crippen molar-refractivity contribution in [3.63, 3.8) is 0 Å². The number of H-pyrrole nitrogens is 1. The molecule has 0 radical (unpaired) electrons. The highest BCUT2D eigenvalue weighted by Crippen LogP contribution is 2.39. The number of hydrogen-bond donors (Lipinski definition) is 4. The number of benzene rings is 1. The number of methoxy groups -OCH3 is 1. The fraction of sp³-hybridized carbons (Fsp3) is 0.538. The third kappa shape index (κ3) is 9.81. The molecule has 1 aliphatic heterocycles. The molecule has 3 heterocycles. The van der Waals surface area contributed by atoms with Crippen molar-refractivity contribution in [1.29, 1.82) is 0 Å². The molecule has 2 fully saturated rings. The van der Waals surface area contributed by atoms with E-state index in [1.54, 1.807) is 36.7 Å². The van der Waals surface area contributed by atoms with E-state index in [0.29, 0.717) is 36.6 Å². The second kappa shape index (κ2) is 17.1. The average Bonchev–Trinajstić information content (AvgIpc) is 3.82. The highest BCUT2D eigenvalue weighted by Gasteiger charge is 2.44. The lowest BCUT2D eigenvalue weighted by molar-refractivity contribution is -0.140. The van der Waals surface area contributed by atoms with Gasteiger partial charge in [-0.3, -0.25) is 24.2 Å². The van der Waals surface area contributed by atoms with Crippen LogP contribution >= 0.6 is 0 Å². The Hall–Kier alpha value is -4.58. The van der Waals surface area contributed by atoms with E-state index in [4.69, 9.17) is 10.5 Å². The SMILES string of the molecule is COc1ccccc1[C@H](CC(=O)N1C[C@H](C2CCCCC2)C[C@H]1C(=O)N[C@@H](Cc1ccncc1)C(=O)C(C)(C)C)NC(=O)[C@@H](N)Cc1cnc[nH]1. The Bertz CT molecular complexity index is 1620. The zero-order valence-corrected chi connectivity index (χ0v) is 30.3. The lowest BCUT2D eigenvalue weighted by atomic mass is 9.79. The molecule has 1 saturated heterocycles. The van der Waals surface area contributed by atoms with Crippen molar-refractivity contribution in [3.8, 4) is 5.75 Å². The minimum absolute atomic E-state index is 0.0854. The predicted octanol–water partition coefficient (Wildman–Crippen LogP) is 4.07. The maximum Gasteiger partial charge on any atom is 0.243 e. The lowest BCUT2D eigenvalue weighted by Crippen LogP contribution is -2.53. The molecule has 5 rings (SSSR count). The highest BCUT2D eigenvalue weighted by atomic mass is 16.5. The zero-order chi connectivity index (χ0) is 36.5. The highest BCUT2D eigenvalue weighted by molar-refractivity contribution is 5.95. The molecule has 0 spiro atoms. The smallest absolute Gasteiger partial charge is 0.243 e. The number of carbonyl (C=O) groups is 4. The van der Waals surface area contributed by atoms with Crippen LogP contribution in [0.15, 0.2) is 61.3 Å². The molecular formula is C39H53N7O5. The third-order valence-electron chi connectivity index (χ3n) is 10.4. The van der Waals surface area contributed by atoms with Gasteiger partial charge in [-0.15, -0.1) is 0 Å². The molecule has 0 unspecified atom stereocenters. The molecule has 1 aromatic carbocycles. The summed E-state index contributed by atoms with van der Waals surface area (Å²) in [4.78, 5) is 68.7. The first-order chi connectivity index (χ1) is 24.4. The summed E-state index contributed by atoms with van der Waals surface area (Å²) in [5, 5.41) is 6.08. The summed E-state index contributed by atoms with van der Waals surface area (Å²) in [6, 6.07) is 7.74. The van der Waals surface area contributed by atoms with Crippen LogP contribution < -0.4 is 21.1 Å². The number of nitrogens with one attached hydrogen (secondary N) is 3. The Kier molecular flexibility index (Phi) is 12.6. The quantitative estimate of drug-likeness (QED) is 0.195. The molecule has 5 atom stereocenters. The van der Waals surface area contributed by atoms with Gasteiger partial charge >= 0.3 is 0 Å². The van der Waals surface area contributed by atoms with Crippen LogP contribution in [0.5, 0.6) is 5.75 Å². The van der Waals surface area contributed by atoms with Gasteiger partial charge in [-0.1, -0.05) is 71.1 Å². The first-order valence-electron chi connectivity index (χ1n) is 18.1. The van der Waals surface area contributed by atoms with Crippen molar-refractivity contribution in [3.05, 3.63) is 78.1 Å². The number of Topliss-reactive ketones (excluding diaryl/α,β-unsaturated/α-hetero) is 1. The van der Waals surface area contributed by atoms with E-state index in [1.165, 1.54) is 12.7 Å². The first-order valence-corrected chi connectivity index (χ1v) is 18.1. The van der Waals surface area contributed by atoms with Crippen LogP contribution in [-0.4, -0.2) is 75.1 Å². The van der Waals surface area contributed by atoms with Crippen LogP contribution in [0.3, 0.4) is 0 Å². The Balaban J connectivity index is 1.40. The van der Waals surface area contributed by atoms with Gasteiger partial charge in [-0.25, -0.2) is 4.98 Å². The maximum atomic E-state index is 14.5. The van der Waals surface area contributed by atoms with Crippen LogP contribution in [-0.2, 0) is 32.0 Å². The van der Waals surface area contributed by atoms with E-state index in [1.807, 2.05) is 51.1 Å². The Morgan fingerprint density at radius 2 is 1.71 bits per heavy atom. The van der Waals surface area contributed by atoms with Crippen LogP contribution in [0, 0.1) is 17.3 Å². The number of imidazole rings is 1. The van der Waals surface area contributed by atoms with E-state index in [-0.39, 0.29) is 36.4 Å². The topological polar surface area (TPSA) is 172 Å². The Morgan fingerprint density at radius 3 is 2.37 bits per heavy atom. The minimum Gasteiger partial charge on any atom is -0.496 e. The molecular weight excluding hydrogens is 646 g/mol. The number of hydrogen-bond acceptors (Lipinski definition) is 8. The van der Waals surface area contributed by atoms with Gasteiger partial charge in [-0.2, -0.15) is 0 Å². The fourth-order valence-electron chi connectivity index (χ4n) is 7.58. The molecule has 5 N–H and O–H groups in total. The summed E-state index contributed by atoms with van der Waals surface area (Å²) in [6.45, 7) is 5.98. The summed E-state index contributed by atoms with van der Waals surface area (Å²) in [5.74, 6) is -0.0166. The molecule has 12 heteroatoms. The first kappa shape index (κ1) is 37.7. The van der Waals surface area contributed by atoms with E-state index >= 15 is 0 Å². The van der Waals surface area contributed by atoms with E-state index in [0.717, 1.165) is 36.9 Å². The number of amides is 3. The number of ketones is 1. The number of nitrogens with zero attached hydrogens (tertiary/aromatic N) is 3.